The molecular formula is C24H18ClFN2O7. The summed E-state index contributed by atoms with van der Waals surface area (Å²) in [5.74, 6) is -4.27. The number of aromatic hydroxyl groups is 1. The zero-order valence-corrected chi connectivity index (χ0v) is 18.7. The number of carbonyl (C=O) groups excluding carboxylic acids is 1. The van der Waals surface area contributed by atoms with Gasteiger partial charge in [0, 0.05) is 17.9 Å². The number of hydrogen-bond donors (Lipinski definition) is 3. The van der Waals surface area contributed by atoms with E-state index in [-0.39, 0.29) is 18.1 Å². The highest BCUT2D eigenvalue weighted by Crippen LogP contribution is 2.44. The number of nitrogens with one attached hydrogen (secondary N) is 1. The molecule has 9 nitrogen and oxygen atoms in total. The first-order valence-electron chi connectivity index (χ1n) is 10.4. The number of carboxylic acid groups (broad SMARTS) is 1. The maximum absolute atomic E-state index is 13.9. The Kier molecular flexibility index (Phi) is 6.57. The Morgan fingerprint density at radius 1 is 1.14 bits per heavy atom. The third-order valence-electron chi connectivity index (χ3n) is 5.79. The van der Waals surface area contributed by atoms with Crippen LogP contribution in [0.3, 0.4) is 0 Å². The molecule has 0 saturated heterocycles. The van der Waals surface area contributed by atoms with Crippen molar-refractivity contribution in [1.29, 1.82) is 0 Å². The molecule has 1 atom stereocenters. The van der Waals surface area contributed by atoms with Gasteiger partial charge in [0.15, 0.2) is 0 Å². The van der Waals surface area contributed by atoms with E-state index in [1.54, 1.807) is 0 Å². The summed E-state index contributed by atoms with van der Waals surface area (Å²) >= 11 is 5.66. The van der Waals surface area contributed by atoms with Gasteiger partial charge < -0.3 is 20.3 Å². The summed E-state index contributed by atoms with van der Waals surface area (Å²) in [6.45, 7) is -0.0642. The fourth-order valence-corrected chi connectivity index (χ4v) is 4.40. The van der Waals surface area contributed by atoms with Crippen molar-refractivity contribution in [1.82, 2.24) is 5.32 Å². The average Bonchev–Trinajstić information content (AvgIpc) is 3.14. The van der Waals surface area contributed by atoms with Crippen molar-refractivity contribution < 1.29 is 33.9 Å². The van der Waals surface area contributed by atoms with Crippen LogP contribution in [0.4, 0.5) is 14.9 Å². The van der Waals surface area contributed by atoms with Crippen LogP contribution in [0.25, 0.3) is 11.1 Å². The van der Waals surface area contributed by atoms with Gasteiger partial charge in [-0.05, 0) is 28.3 Å². The lowest BCUT2D eigenvalue weighted by Crippen LogP contribution is -2.43. The molecule has 1 aliphatic carbocycles. The smallest absolute Gasteiger partial charge is 0.407 e. The number of benzene rings is 3. The molecule has 0 radical (unpaired) electrons. The van der Waals surface area contributed by atoms with Crippen LogP contribution in [0.2, 0.25) is 5.02 Å². The predicted octanol–water partition coefficient (Wildman–Crippen LogP) is 4.63. The van der Waals surface area contributed by atoms with Crippen molar-refractivity contribution in [3.8, 4) is 16.9 Å². The number of amides is 1. The standard InChI is InChI=1S/C24H18ClFN2O7/c25-18-9-12(22(29)21(20(18)26)28(33)34)10-19(23(30)31)27-24(32)35-11-17-15-7-3-1-5-13(15)14-6-2-4-8-16(14)17/h1-9,17,19,29H,10-11H2,(H,27,32)(H,30,31). The van der Waals surface area contributed by atoms with E-state index in [9.17, 15) is 34.3 Å². The Labute approximate surface area is 202 Å². The van der Waals surface area contributed by atoms with Gasteiger partial charge in [-0.3, -0.25) is 10.1 Å². The molecule has 1 amide bonds. The highest BCUT2D eigenvalue weighted by Gasteiger charge is 2.32. The third kappa shape index (κ3) is 4.60. The van der Waals surface area contributed by atoms with Crippen molar-refractivity contribution in [2.45, 2.75) is 18.4 Å². The SMILES string of the molecule is O=C(NC(Cc1cc(Cl)c(F)c([N+](=O)[O-])c1O)C(=O)O)OCC1c2ccccc2-c2ccccc21. The monoisotopic (exact) mass is 500 g/mol. The number of alkyl carbamates (subject to hydrolysis) is 1. The zero-order chi connectivity index (χ0) is 25.3. The van der Waals surface area contributed by atoms with E-state index < -0.39 is 51.7 Å². The highest BCUT2D eigenvalue weighted by atomic mass is 35.5. The Bertz CT molecular complexity index is 1300. The van der Waals surface area contributed by atoms with Gasteiger partial charge in [0.1, 0.15) is 12.6 Å². The van der Waals surface area contributed by atoms with Crippen molar-refractivity contribution >= 4 is 29.4 Å². The molecular weight excluding hydrogens is 483 g/mol. The molecule has 4 rings (SSSR count). The van der Waals surface area contributed by atoms with Crippen molar-refractivity contribution in [2.24, 2.45) is 0 Å². The number of carbonyl (C=O) groups is 2. The van der Waals surface area contributed by atoms with E-state index in [4.69, 9.17) is 16.3 Å². The average molecular weight is 501 g/mol. The van der Waals surface area contributed by atoms with E-state index in [0.29, 0.717) is 0 Å². The number of phenols is 1. The van der Waals surface area contributed by atoms with Crippen LogP contribution in [0.5, 0.6) is 5.75 Å². The van der Waals surface area contributed by atoms with Gasteiger partial charge in [-0.1, -0.05) is 60.1 Å². The second kappa shape index (κ2) is 9.59. The molecule has 1 unspecified atom stereocenters. The number of aliphatic carboxylic acids is 1. The minimum absolute atomic E-state index is 0.0642. The summed E-state index contributed by atoms with van der Waals surface area (Å²) in [6, 6.07) is 14.6. The Morgan fingerprint density at radius 3 is 2.26 bits per heavy atom. The second-order valence-electron chi connectivity index (χ2n) is 7.85. The molecule has 0 fully saturated rings. The number of nitro benzene ring substituents is 1. The van der Waals surface area contributed by atoms with Crippen LogP contribution in [0, 0.1) is 15.9 Å². The molecule has 3 N–H and O–H groups in total. The highest BCUT2D eigenvalue weighted by molar-refractivity contribution is 6.31. The van der Waals surface area contributed by atoms with Crippen molar-refractivity contribution in [3.63, 3.8) is 0 Å². The van der Waals surface area contributed by atoms with Gasteiger partial charge in [-0.2, -0.15) is 4.39 Å². The van der Waals surface area contributed by atoms with Crippen LogP contribution in [-0.4, -0.2) is 39.8 Å². The fourth-order valence-electron chi connectivity index (χ4n) is 4.18. The van der Waals surface area contributed by atoms with Crippen molar-refractivity contribution in [2.75, 3.05) is 6.61 Å². The zero-order valence-electron chi connectivity index (χ0n) is 17.9. The Balaban J connectivity index is 1.49. The number of hydrogen-bond acceptors (Lipinski definition) is 6. The molecule has 3 aromatic carbocycles. The van der Waals surface area contributed by atoms with Crippen LogP contribution in [-0.2, 0) is 16.0 Å². The van der Waals surface area contributed by atoms with Gasteiger partial charge in [0.05, 0.1) is 9.95 Å². The summed E-state index contributed by atoms with van der Waals surface area (Å²) in [4.78, 5) is 34.1. The summed E-state index contributed by atoms with van der Waals surface area (Å²) in [5, 5.41) is 32.2. The van der Waals surface area contributed by atoms with Crippen LogP contribution in [0.1, 0.15) is 22.6 Å². The first kappa shape index (κ1) is 24.0. The van der Waals surface area contributed by atoms with Gasteiger partial charge >= 0.3 is 17.7 Å². The van der Waals surface area contributed by atoms with E-state index in [1.807, 2.05) is 48.5 Å². The van der Waals surface area contributed by atoms with Crippen LogP contribution < -0.4 is 5.32 Å². The lowest BCUT2D eigenvalue weighted by Gasteiger charge is -2.18. The summed E-state index contributed by atoms with van der Waals surface area (Å²) in [7, 11) is 0. The Hall–Kier alpha value is -4.18. The molecule has 0 aliphatic heterocycles. The molecule has 0 spiro atoms. The first-order valence-corrected chi connectivity index (χ1v) is 10.7. The predicted molar refractivity (Wildman–Crippen MR) is 123 cm³/mol. The van der Waals surface area contributed by atoms with E-state index in [1.165, 1.54) is 0 Å². The van der Waals surface area contributed by atoms with Gasteiger partial charge in [-0.15, -0.1) is 0 Å². The number of nitrogens with zero attached hydrogens (tertiary/aromatic N) is 1. The van der Waals surface area contributed by atoms with E-state index >= 15 is 0 Å². The van der Waals surface area contributed by atoms with Crippen molar-refractivity contribution in [3.05, 3.63) is 92.2 Å². The molecule has 11 heteroatoms. The van der Waals surface area contributed by atoms with Gasteiger partial charge in [-0.25, -0.2) is 9.59 Å². The second-order valence-corrected chi connectivity index (χ2v) is 8.26. The Morgan fingerprint density at radius 2 is 1.71 bits per heavy atom. The molecule has 0 saturated carbocycles. The topological polar surface area (TPSA) is 139 Å². The number of halogens is 2. The lowest BCUT2D eigenvalue weighted by atomic mass is 9.98. The number of ether oxygens (including phenoxy) is 1. The van der Waals surface area contributed by atoms with Crippen LogP contribution >= 0.6 is 11.6 Å². The number of rotatable bonds is 7. The van der Waals surface area contributed by atoms with E-state index in [2.05, 4.69) is 5.32 Å². The summed E-state index contributed by atoms with van der Waals surface area (Å²) < 4.78 is 19.2. The maximum atomic E-state index is 13.9. The molecule has 0 aromatic heterocycles. The molecule has 35 heavy (non-hydrogen) atoms. The third-order valence-corrected chi connectivity index (χ3v) is 6.06. The summed E-state index contributed by atoms with van der Waals surface area (Å²) in [5.41, 5.74) is 2.37. The minimum Gasteiger partial charge on any atom is -0.502 e. The summed E-state index contributed by atoms with van der Waals surface area (Å²) in [6.07, 6.45) is -1.65. The molecule has 3 aromatic rings. The van der Waals surface area contributed by atoms with Gasteiger partial charge in [0.2, 0.25) is 11.6 Å². The molecule has 0 bridgehead atoms. The number of fused-ring (bicyclic) bond motifs is 3. The maximum Gasteiger partial charge on any atom is 0.407 e. The fraction of sp³-hybridized carbons (Fsp3) is 0.167. The number of nitro groups is 1. The minimum atomic E-state index is -1.64. The molecule has 1 aliphatic rings. The number of carboxylic acids is 1. The van der Waals surface area contributed by atoms with Crippen LogP contribution in [0.15, 0.2) is 54.6 Å². The molecule has 180 valence electrons. The largest absolute Gasteiger partial charge is 0.502 e. The lowest BCUT2D eigenvalue weighted by molar-refractivity contribution is -0.388. The first-order chi connectivity index (χ1) is 16.7. The van der Waals surface area contributed by atoms with Gasteiger partial charge in [0.25, 0.3) is 0 Å². The molecule has 0 heterocycles. The number of phenolic OH excluding ortho intramolecular Hbond substituents is 1. The van der Waals surface area contributed by atoms with E-state index in [0.717, 1.165) is 28.3 Å². The normalized spacial score (nSPS) is 13.0. The quantitative estimate of drug-likeness (QED) is 0.317.